The van der Waals surface area contributed by atoms with E-state index in [1.807, 2.05) is 0 Å². The Morgan fingerprint density at radius 2 is 1.94 bits per heavy atom. The molecule has 0 spiro atoms. The van der Waals surface area contributed by atoms with Gasteiger partial charge in [-0.1, -0.05) is 17.9 Å². The van der Waals surface area contributed by atoms with E-state index in [4.69, 9.17) is 9.47 Å². The van der Waals surface area contributed by atoms with Gasteiger partial charge in [-0.3, -0.25) is 19.3 Å². The van der Waals surface area contributed by atoms with Crippen molar-refractivity contribution in [3.05, 3.63) is 34.9 Å². The highest BCUT2D eigenvalue weighted by Crippen LogP contribution is 2.28. The average molecular weight is 500 g/mol. The Kier molecular flexibility index (Phi) is 10.2. The van der Waals surface area contributed by atoms with Gasteiger partial charge in [-0.15, -0.1) is 0 Å². The Balaban J connectivity index is 1.94. The summed E-state index contributed by atoms with van der Waals surface area (Å²) in [5, 5.41) is 2.45. The summed E-state index contributed by atoms with van der Waals surface area (Å²) in [5.74, 6) is 4.21. The van der Waals surface area contributed by atoms with Crippen molar-refractivity contribution in [2.75, 3.05) is 33.9 Å². The number of hydrogen-bond donors (Lipinski definition) is 1. The molecule has 2 rings (SSSR count). The molecule has 0 aliphatic carbocycles. The van der Waals surface area contributed by atoms with Gasteiger partial charge < -0.3 is 24.5 Å². The van der Waals surface area contributed by atoms with Crippen molar-refractivity contribution in [2.24, 2.45) is 0 Å². The lowest BCUT2D eigenvalue weighted by Gasteiger charge is -2.24. The van der Waals surface area contributed by atoms with E-state index in [0.717, 1.165) is 4.90 Å². The summed E-state index contributed by atoms with van der Waals surface area (Å²) in [5.41, 5.74) is 0.112. The maximum Gasteiger partial charge on any atom is 0.410 e. The van der Waals surface area contributed by atoms with Crippen LogP contribution in [0.4, 0.5) is 4.79 Å². The normalized spacial score (nSPS) is 13.4. The highest BCUT2D eigenvalue weighted by Gasteiger charge is 2.41. The smallest absolute Gasteiger partial charge is 0.410 e. The summed E-state index contributed by atoms with van der Waals surface area (Å²) < 4.78 is 10.8. The van der Waals surface area contributed by atoms with Crippen LogP contribution in [0.2, 0.25) is 0 Å². The first-order chi connectivity index (χ1) is 17.0. The van der Waals surface area contributed by atoms with E-state index in [9.17, 15) is 24.0 Å². The van der Waals surface area contributed by atoms with Crippen molar-refractivity contribution in [1.29, 1.82) is 0 Å². The zero-order chi connectivity index (χ0) is 26.9. The number of fused-ring (bicyclic) bond motifs is 1. The first-order valence-corrected chi connectivity index (χ1v) is 11.7. The third kappa shape index (κ3) is 7.65. The van der Waals surface area contributed by atoms with E-state index in [1.54, 1.807) is 40.0 Å². The second kappa shape index (κ2) is 12.8. The minimum Gasteiger partial charge on any atom is -0.444 e. The SMILES string of the molecule is CNC(=O)CCC(C=O)N1C(=O)c2cccc(C#CCOCCCN(C)C(=O)OC(C)(C)C)c2C1=O. The molecule has 1 heterocycles. The van der Waals surface area contributed by atoms with Gasteiger partial charge in [0.2, 0.25) is 5.91 Å². The third-order valence-corrected chi connectivity index (χ3v) is 5.27. The summed E-state index contributed by atoms with van der Waals surface area (Å²) in [6.07, 6.45) is 0.726. The molecule has 194 valence electrons. The lowest BCUT2D eigenvalue weighted by atomic mass is 10.0. The van der Waals surface area contributed by atoms with Gasteiger partial charge in [-0.25, -0.2) is 4.79 Å². The van der Waals surface area contributed by atoms with Gasteiger partial charge in [0.1, 0.15) is 18.5 Å². The van der Waals surface area contributed by atoms with E-state index >= 15 is 0 Å². The minimum absolute atomic E-state index is 0.00484. The van der Waals surface area contributed by atoms with Crippen LogP contribution in [0.1, 0.15) is 66.3 Å². The molecule has 10 heteroatoms. The van der Waals surface area contributed by atoms with Crippen LogP contribution in [-0.2, 0) is 19.1 Å². The van der Waals surface area contributed by atoms with E-state index in [1.165, 1.54) is 18.0 Å². The minimum atomic E-state index is -1.04. The summed E-state index contributed by atoms with van der Waals surface area (Å²) in [6.45, 7) is 6.33. The van der Waals surface area contributed by atoms with Crippen LogP contribution < -0.4 is 5.32 Å². The van der Waals surface area contributed by atoms with Crippen molar-refractivity contribution in [1.82, 2.24) is 15.1 Å². The number of nitrogens with zero attached hydrogens (tertiary/aromatic N) is 2. The number of rotatable bonds is 10. The molecule has 0 bridgehead atoms. The number of ether oxygens (including phenoxy) is 2. The number of imide groups is 1. The van der Waals surface area contributed by atoms with Gasteiger partial charge in [-0.05, 0) is 45.7 Å². The number of carbonyl (C=O) groups is 5. The fourth-order valence-corrected chi connectivity index (χ4v) is 3.46. The van der Waals surface area contributed by atoms with Crippen LogP contribution >= 0.6 is 0 Å². The second-order valence-electron chi connectivity index (χ2n) is 9.23. The molecule has 0 fully saturated rings. The standard InChI is InChI=1S/C26H33N3O7/c1-26(2,3)36-25(34)28(5)14-8-16-35-15-7-10-18-9-6-11-20-22(18)24(33)29(23(20)32)19(17-30)12-13-21(31)27-4/h6,9,11,17,19H,8,12-16H2,1-5H3,(H,27,31). The first-order valence-electron chi connectivity index (χ1n) is 11.7. The van der Waals surface area contributed by atoms with Crippen LogP contribution in [0.3, 0.4) is 0 Å². The molecule has 1 atom stereocenters. The van der Waals surface area contributed by atoms with E-state index in [2.05, 4.69) is 17.2 Å². The number of carbonyl (C=O) groups excluding carboxylic acids is 5. The maximum atomic E-state index is 13.0. The molecular formula is C26H33N3O7. The van der Waals surface area contributed by atoms with Crippen molar-refractivity contribution in [3.8, 4) is 11.8 Å². The Hall–Kier alpha value is -3.71. The van der Waals surface area contributed by atoms with Gasteiger partial charge in [0.05, 0.1) is 17.2 Å². The molecule has 0 aromatic heterocycles. The van der Waals surface area contributed by atoms with Crippen molar-refractivity contribution in [2.45, 2.75) is 51.7 Å². The van der Waals surface area contributed by atoms with Gasteiger partial charge in [0.25, 0.3) is 11.8 Å². The molecular weight excluding hydrogens is 466 g/mol. The quantitative estimate of drug-likeness (QED) is 0.226. The molecule has 4 amide bonds. The summed E-state index contributed by atoms with van der Waals surface area (Å²) in [6, 6.07) is 3.71. The van der Waals surface area contributed by atoms with Gasteiger partial charge in [0.15, 0.2) is 0 Å². The van der Waals surface area contributed by atoms with Crippen LogP contribution in [-0.4, -0.2) is 85.4 Å². The average Bonchev–Trinajstić information content (AvgIpc) is 3.08. The predicted octanol–water partition coefficient (Wildman–Crippen LogP) is 2.00. The van der Waals surface area contributed by atoms with Crippen LogP contribution in [0.25, 0.3) is 0 Å². The number of benzene rings is 1. The molecule has 1 aliphatic heterocycles. The molecule has 0 radical (unpaired) electrons. The summed E-state index contributed by atoms with van der Waals surface area (Å²) in [4.78, 5) is 63.3. The van der Waals surface area contributed by atoms with Crippen LogP contribution in [0.5, 0.6) is 0 Å². The van der Waals surface area contributed by atoms with Crippen molar-refractivity contribution in [3.63, 3.8) is 0 Å². The number of hydrogen-bond acceptors (Lipinski definition) is 7. The van der Waals surface area contributed by atoms with E-state index in [0.29, 0.717) is 31.4 Å². The predicted molar refractivity (Wildman–Crippen MR) is 131 cm³/mol. The molecule has 0 saturated carbocycles. The Labute approximate surface area is 211 Å². The molecule has 1 unspecified atom stereocenters. The van der Waals surface area contributed by atoms with Crippen LogP contribution in [0, 0.1) is 11.8 Å². The largest absolute Gasteiger partial charge is 0.444 e. The highest BCUT2D eigenvalue weighted by molar-refractivity contribution is 6.23. The lowest BCUT2D eigenvalue weighted by Crippen LogP contribution is -2.41. The fourth-order valence-electron chi connectivity index (χ4n) is 3.46. The van der Waals surface area contributed by atoms with E-state index < -0.39 is 29.6 Å². The zero-order valence-electron chi connectivity index (χ0n) is 21.4. The zero-order valence-corrected chi connectivity index (χ0v) is 21.4. The summed E-state index contributed by atoms with van der Waals surface area (Å²) >= 11 is 0. The fraction of sp³-hybridized carbons (Fsp3) is 0.500. The molecule has 1 aromatic carbocycles. The van der Waals surface area contributed by atoms with Crippen molar-refractivity contribution < 1.29 is 33.4 Å². The monoisotopic (exact) mass is 499 g/mol. The first kappa shape index (κ1) is 28.5. The number of aldehydes is 1. The van der Waals surface area contributed by atoms with Gasteiger partial charge in [0, 0.05) is 39.2 Å². The molecule has 10 nitrogen and oxygen atoms in total. The second-order valence-corrected chi connectivity index (χ2v) is 9.23. The van der Waals surface area contributed by atoms with Crippen molar-refractivity contribution >= 4 is 30.1 Å². The van der Waals surface area contributed by atoms with Gasteiger partial charge in [-0.2, -0.15) is 0 Å². The third-order valence-electron chi connectivity index (χ3n) is 5.27. The Morgan fingerprint density at radius 3 is 2.58 bits per heavy atom. The highest BCUT2D eigenvalue weighted by atomic mass is 16.6. The van der Waals surface area contributed by atoms with Gasteiger partial charge >= 0.3 is 6.09 Å². The maximum absolute atomic E-state index is 13.0. The van der Waals surface area contributed by atoms with E-state index in [-0.39, 0.29) is 36.5 Å². The topological polar surface area (TPSA) is 122 Å². The Morgan fingerprint density at radius 1 is 1.22 bits per heavy atom. The molecule has 36 heavy (non-hydrogen) atoms. The number of amides is 4. The van der Waals surface area contributed by atoms with Crippen LogP contribution in [0.15, 0.2) is 18.2 Å². The summed E-state index contributed by atoms with van der Waals surface area (Å²) in [7, 11) is 3.12. The molecule has 1 aromatic rings. The molecule has 1 aliphatic rings. The number of nitrogens with one attached hydrogen (secondary N) is 1. The molecule has 0 saturated heterocycles. The Bertz CT molecular complexity index is 1070. The molecule has 1 N–H and O–H groups in total. The lowest BCUT2D eigenvalue weighted by molar-refractivity contribution is -0.121.